The molecule has 23 heavy (non-hydrogen) atoms. The van der Waals surface area contributed by atoms with Crippen LogP contribution in [0, 0.1) is 12.8 Å². The van der Waals surface area contributed by atoms with Gasteiger partial charge < -0.3 is 14.6 Å². The van der Waals surface area contributed by atoms with Crippen LogP contribution in [0.15, 0.2) is 40.8 Å². The van der Waals surface area contributed by atoms with Crippen molar-refractivity contribution in [2.45, 2.75) is 25.8 Å². The zero-order chi connectivity index (χ0) is 15.8. The molecular weight excluding hydrogens is 288 g/mol. The van der Waals surface area contributed by atoms with E-state index in [2.05, 4.69) is 10.2 Å². The van der Waals surface area contributed by atoms with Gasteiger partial charge in [-0.3, -0.25) is 4.79 Å². The molecule has 0 saturated carbocycles. The summed E-state index contributed by atoms with van der Waals surface area (Å²) in [5, 5.41) is 3.17. The minimum atomic E-state index is -0.0939. The van der Waals surface area contributed by atoms with Crippen molar-refractivity contribution in [1.29, 1.82) is 0 Å². The first-order valence-corrected chi connectivity index (χ1v) is 8.40. The number of nitrogens with zero attached hydrogens (tertiary/aromatic N) is 1. The van der Waals surface area contributed by atoms with Crippen LogP contribution in [0.25, 0.3) is 11.3 Å². The summed E-state index contributed by atoms with van der Waals surface area (Å²) in [5.41, 5.74) is 2.18. The number of benzene rings is 1. The van der Waals surface area contributed by atoms with Gasteiger partial charge in [-0.05, 0) is 56.5 Å². The van der Waals surface area contributed by atoms with Crippen molar-refractivity contribution in [1.82, 2.24) is 10.2 Å². The lowest BCUT2D eigenvalue weighted by Gasteiger charge is -2.44. The quantitative estimate of drug-likeness (QED) is 0.947. The van der Waals surface area contributed by atoms with Gasteiger partial charge in [-0.1, -0.05) is 24.3 Å². The second-order valence-electron chi connectivity index (χ2n) is 6.70. The van der Waals surface area contributed by atoms with Crippen LogP contribution < -0.4 is 5.32 Å². The monoisotopic (exact) mass is 310 g/mol. The summed E-state index contributed by atoms with van der Waals surface area (Å²) < 4.78 is 5.81. The van der Waals surface area contributed by atoms with Crippen LogP contribution >= 0.6 is 0 Å². The van der Waals surface area contributed by atoms with Crippen molar-refractivity contribution in [3.8, 4) is 11.3 Å². The van der Waals surface area contributed by atoms with Gasteiger partial charge >= 0.3 is 0 Å². The lowest BCUT2D eigenvalue weighted by atomic mass is 9.84. The minimum Gasteiger partial charge on any atom is -0.451 e. The van der Waals surface area contributed by atoms with E-state index in [1.165, 1.54) is 25.9 Å². The fourth-order valence-electron chi connectivity index (χ4n) is 3.82. The smallest absolute Gasteiger partial charge is 0.287 e. The number of rotatable bonds is 3. The Morgan fingerprint density at radius 3 is 2.65 bits per heavy atom. The molecule has 0 aliphatic carbocycles. The van der Waals surface area contributed by atoms with Gasteiger partial charge in [0.25, 0.3) is 5.91 Å². The van der Waals surface area contributed by atoms with Gasteiger partial charge in [0.1, 0.15) is 5.76 Å². The maximum absolute atomic E-state index is 12.5. The highest BCUT2D eigenvalue weighted by Gasteiger charge is 2.35. The summed E-state index contributed by atoms with van der Waals surface area (Å²) in [4.78, 5) is 14.9. The topological polar surface area (TPSA) is 45.5 Å². The molecule has 3 saturated heterocycles. The molecule has 1 N–H and O–H groups in total. The third-order valence-electron chi connectivity index (χ3n) is 5.21. The van der Waals surface area contributed by atoms with E-state index in [1.807, 2.05) is 37.3 Å². The van der Waals surface area contributed by atoms with Crippen LogP contribution in [0.1, 0.15) is 29.0 Å². The highest BCUT2D eigenvalue weighted by molar-refractivity contribution is 5.92. The standard InChI is InChI=1S/C19H22N2O2/c1-13-4-2-3-5-15(13)17-6-7-18(23-17)19(22)20-16-12-21-10-8-14(16)9-11-21/h2-7,14,16H,8-12H2,1H3,(H,20,22). The highest BCUT2D eigenvalue weighted by atomic mass is 16.3. The molecular formula is C19H22N2O2. The molecule has 4 heterocycles. The maximum atomic E-state index is 12.5. The van der Waals surface area contributed by atoms with Gasteiger partial charge in [-0.25, -0.2) is 0 Å². The van der Waals surface area contributed by atoms with E-state index >= 15 is 0 Å². The Balaban J connectivity index is 1.48. The molecule has 2 aromatic rings. The predicted octanol–water partition coefficient (Wildman–Crippen LogP) is 3.08. The van der Waals surface area contributed by atoms with Gasteiger partial charge in [0.05, 0.1) is 0 Å². The molecule has 3 aliphatic heterocycles. The molecule has 1 atom stereocenters. The van der Waals surface area contributed by atoms with Gasteiger partial charge in [-0.2, -0.15) is 0 Å². The number of piperidine rings is 3. The molecule has 1 aromatic carbocycles. The van der Waals surface area contributed by atoms with Gasteiger partial charge in [-0.15, -0.1) is 0 Å². The second-order valence-corrected chi connectivity index (χ2v) is 6.70. The third kappa shape index (κ3) is 2.79. The average molecular weight is 310 g/mol. The fourth-order valence-corrected chi connectivity index (χ4v) is 3.82. The van der Waals surface area contributed by atoms with Crippen LogP contribution in [-0.2, 0) is 0 Å². The summed E-state index contributed by atoms with van der Waals surface area (Å²) in [6, 6.07) is 12.0. The SMILES string of the molecule is Cc1ccccc1-c1ccc(C(=O)NC2CN3CCC2CC3)o1. The van der Waals surface area contributed by atoms with Crippen molar-refractivity contribution in [3.63, 3.8) is 0 Å². The molecule has 4 nitrogen and oxygen atoms in total. The van der Waals surface area contributed by atoms with Crippen LogP contribution in [0.4, 0.5) is 0 Å². The zero-order valence-corrected chi connectivity index (χ0v) is 13.4. The average Bonchev–Trinajstić information content (AvgIpc) is 3.06. The zero-order valence-electron chi connectivity index (χ0n) is 13.4. The van der Waals surface area contributed by atoms with E-state index in [4.69, 9.17) is 4.42 Å². The number of carbonyl (C=O) groups excluding carboxylic acids is 1. The molecule has 0 radical (unpaired) electrons. The number of hydrogen-bond acceptors (Lipinski definition) is 3. The summed E-state index contributed by atoms with van der Waals surface area (Å²) in [6.07, 6.45) is 2.38. The Morgan fingerprint density at radius 2 is 1.96 bits per heavy atom. The van der Waals surface area contributed by atoms with Crippen molar-refractivity contribution < 1.29 is 9.21 Å². The Hall–Kier alpha value is -2.07. The molecule has 1 unspecified atom stereocenters. The molecule has 120 valence electrons. The normalized spacial score (nSPS) is 26.2. The summed E-state index contributed by atoms with van der Waals surface area (Å²) >= 11 is 0. The summed E-state index contributed by atoms with van der Waals surface area (Å²) in [5.74, 6) is 1.68. The van der Waals surface area contributed by atoms with Crippen molar-refractivity contribution in [3.05, 3.63) is 47.7 Å². The Morgan fingerprint density at radius 1 is 1.17 bits per heavy atom. The molecule has 3 aliphatic rings. The lowest BCUT2D eigenvalue weighted by Crippen LogP contribution is -2.57. The maximum Gasteiger partial charge on any atom is 0.287 e. The van der Waals surface area contributed by atoms with E-state index in [0.29, 0.717) is 11.7 Å². The van der Waals surface area contributed by atoms with Gasteiger partial charge in [0.15, 0.2) is 5.76 Å². The molecule has 2 bridgehead atoms. The number of carbonyl (C=O) groups is 1. The molecule has 5 rings (SSSR count). The largest absolute Gasteiger partial charge is 0.451 e. The summed E-state index contributed by atoms with van der Waals surface area (Å²) in [7, 11) is 0. The number of nitrogens with one attached hydrogen (secondary N) is 1. The van der Waals surface area contributed by atoms with Crippen molar-refractivity contribution in [2.24, 2.45) is 5.92 Å². The van der Waals surface area contributed by atoms with Crippen LogP contribution in [-0.4, -0.2) is 36.5 Å². The molecule has 4 heteroatoms. The Kier molecular flexibility index (Phi) is 3.69. The first-order valence-electron chi connectivity index (χ1n) is 8.40. The van der Waals surface area contributed by atoms with Gasteiger partial charge in [0.2, 0.25) is 0 Å². The number of hydrogen-bond donors (Lipinski definition) is 1. The van der Waals surface area contributed by atoms with E-state index in [-0.39, 0.29) is 11.9 Å². The van der Waals surface area contributed by atoms with E-state index in [1.54, 1.807) is 6.07 Å². The van der Waals surface area contributed by atoms with E-state index < -0.39 is 0 Å². The van der Waals surface area contributed by atoms with Crippen molar-refractivity contribution >= 4 is 5.91 Å². The molecule has 1 amide bonds. The Bertz CT molecular complexity index is 714. The van der Waals surface area contributed by atoms with Crippen molar-refractivity contribution in [2.75, 3.05) is 19.6 Å². The molecule has 3 fully saturated rings. The molecule has 1 aromatic heterocycles. The Labute approximate surface area is 136 Å². The number of furan rings is 1. The van der Waals surface area contributed by atoms with Gasteiger partial charge in [0, 0.05) is 18.2 Å². The fraction of sp³-hybridized carbons (Fsp3) is 0.421. The minimum absolute atomic E-state index is 0.0939. The lowest BCUT2D eigenvalue weighted by molar-refractivity contribution is 0.0606. The second kappa shape index (κ2) is 5.85. The summed E-state index contributed by atoms with van der Waals surface area (Å²) in [6.45, 7) is 5.37. The first kappa shape index (κ1) is 14.5. The van der Waals surface area contributed by atoms with E-state index in [9.17, 15) is 4.79 Å². The number of amides is 1. The van der Waals surface area contributed by atoms with Crippen LogP contribution in [0.2, 0.25) is 0 Å². The number of aryl methyl sites for hydroxylation is 1. The van der Waals surface area contributed by atoms with Crippen LogP contribution in [0.5, 0.6) is 0 Å². The third-order valence-corrected chi connectivity index (χ3v) is 5.21. The van der Waals surface area contributed by atoms with E-state index in [0.717, 1.165) is 23.4 Å². The predicted molar refractivity (Wildman–Crippen MR) is 89.3 cm³/mol. The highest BCUT2D eigenvalue weighted by Crippen LogP contribution is 2.28. The van der Waals surface area contributed by atoms with Crippen LogP contribution in [0.3, 0.4) is 0 Å². The number of fused-ring (bicyclic) bond motifs is 3. The first-order chi connectivity index (χ1) is 11.2. The molecule has 0 spiro atoms.